The van der Waals surface area contributed by atoms with Gasteiger partial charge in [-0.25, -0.2) is 0 Å². The van der Waals surface area contributed by atoms with Crippen LogP contribution in [0.2, 0.25) is 0 Å². The lowest BCUT2D eigenvalue weighted by atomic mass is 10.1. The molecule has 0 amide bonds. The first-order valence-electron chi connectivity index (χ1n) is 29.0. The third-order valence-electron chi connectivity index (χ3n) is 18.1. The molecular formula is C78H51Br2ClS2Si3. The van der Waals surface area contributed by atoms with E-state index in [1.165, 1.54) is 131 Å². The Morgan fingerprint density at radius 3 is 0.826 bits per heavy atom. The summed E-state index contributed by atoms with van der Waals surface area (Å²) in [6.07, 6.45) is 0. The molecule has 0 spiro atoms. The van der Waals surface area contributed by atoms with Crippen LogP contribution < -0.4 is 57.1 Å². The average molecular weight is 1330 g/mol. The molecule has 3 aliphatic heterocycles. The van der Waals surface area contributed by atoms with Crippen LogP contribution in [0, 0.1) is 0 Å². The molecule has 0 unspecified atom stereocenters. The first kappa shape index (κ1) is 53.7. The van der Waals surface area contributed by atoms with E-state index in [0.717, 1.165) is 8.95 Å². The molecule has 0 radical (unpaired) electrons. The van der Waals surface area contributed by atoms with Gasteiger partial charge in [0.25, 0.3) is 0 Å². The van der Waals surface area contributed by atoms with Gasteiger partial charge in [0, 0.05) is 49.3 Å². The lowest BCUT2D eigenvalue weighted by Crippen LogP contribution is -2.72. The number of benzene rings is 13. The molecule has 0 atom stereocenters. The fourth-order valence-corrected chi connectivity index (χ4v) is 32.5. The van der Waals surface area contributed by atoms with Crippen molar-refractivity contribution in [2.75, 3.05) is 0 Å². The van der Waals surface area contributed by atoms with Gasteiger partial charge in [-0.2, -0.15) is 0 Å². The van der Waals surface area contributed by atoms with E-state index in [4.69, 9.17) is 11.1 Å². The number of halogens is 3. The van der Waals surface area contributed by atoms with Gasteiger partial charge < -0.3 is 0 Å². The van der Waals surface area contributed by atoms with Gasteiger partial charge in [0.15, 0.2) is 16.1 Å². The van der Waals surface area contributed by atoms with E-state index in [0.29, 0.717) is 0 Å². The summed E-state index contributed by atoms with van der Waals surface area (Å²) in [6, 6.07) is 115. The Hall–Kier alpha value is -7.80. The van der Waals surface area contributed by atoms with Crippen molar-refractivity contribution in [2.24, 2.45) is 0 Å². The fraction of sp³-hybridized carbons (Fsp3) is 0. The molecule has 18 rings (SSSR count). The van der Waals surface area contributed by atoms with E-state index < -0.39 is 23.5 Å². The normalized spacial score (nSPS) is 14.0. The van der Waals surface area contributed by atoms with Crippen LogP contribution in [0.25, 0.3) is 73.7 Å². The van der Waals surface area contributed by atoms with Gasteiger partial charge in [0.2, 0.25) is 7.38 Å². The Bertz CT molecular complexity index is 4750. The van der Waals surface area contributed by atoms with Crippen LogP contribution in [-0.4, -0.2) is 23.5 Å². The molecule has 0 saturated heterocycles. The maximum Gasteiger partial charge on any atom is 0.249 e. The maximum atomic E-state index is 7.30. The zero-order valence-electron chi connectivity index (χ0n) is 46.4. The number of fused-ring (bicyclic) bond motifs is 15. The van der Waals surface area contributed by atoms with Crippen LogP contribution in [0.5, 0.6) is 0 Å². The topological polar surface area (TPSA) is 0 Å². The van der Waals surface area contributed by atoms with E-state index in [1.54, 1.807) is 0 Å². The Morgan fingerprint density at radius 2 is 0.488 bits per heavy atom. The van der Waals surface area contributed by atoms with Crippen LogP contribution >= 0.6 is 65.6 Å². The number of rotatable bonds is 5. The van der Waals surface area contributed by atoms with Crippen molar-refractivity contribution in [3.05, 3.63) is 318 Å². The minimum atomic E-state index is -2.59. The molecule has 0 aliphatic carbocycles. The summed E-state index contributed by atoms with van der Waals surface area (Å²) in [5.74, 6) is 0. The third-order valence-corrected chi connectivity index (χ3v) is 36.5. The van der Waals surface area contributed by atoms with Gasteiger partial charge in [-0.1, -0.05) is 293 Å². The molecule has 86 heavy (non-hydrogen) atoms. The van der Waals surface area contributed by atoms with Gasteiger partial charge in [-0.3, -0.25) is 0 Å². The zero-order valence-corrected chi connectivity index (χ0v) is 55.0. The van der Waals surface area contributed by atoms with Gasteiger partial charge in [0.1, 0.15) is 0 Å². The standard InChI is InChI=1S/C48H32SSi2.C18H13ClSi.C12H6Br2S/c1-3-15-33(16-4-1)50(45-23-11-7-19-37(45)38-20-8-12-24-46(38)50)35-27-29-43-41(31-35)42-32-36(28-30-44(42)49-43)51(34-17-5-2-6-18-34)47-25-13-9-21-39(47)40-22-10-14-26-48(40)51;19-20(14-8-2-1-3-9-14)17-12-6-4-10-15(17)16-11-5-7-13-18(16)20;13-7-1-3-11-9(5-7)10-6-8(14)2-4-12(10)15-11/h1-32H;1-13H;1-6H. The minimum absolute atomic E-state index is 1.13. The predicted octanol–water partition coefficient (Wildman–Crippen LogP) is 15.2. The highest BCUT2D eigenvalue weighted by atomic mass is 79.9. The van der Waals surface area contributed by atoms with Crippen molar-refractivity contribution >= 4 is 187 Å². The predicted molar refractivity (Wildman–Crippen MR) is 388 cm³/mol. The first-order chi connectivity index (χ1) is 42.3. The molecule has 0 saturated carbocycles. The summed E-state index contributed by atoms with van der Waals surface area (Å²) in [5.41, 5.74) is 8.14. The van der Waals surface area contributed by atoms with E-state index in [9.17, 15) is 0 Å². The molecule has 0 N–H and O–H groups in total. The van der Waals surface area contributed by atoms with E-state index in [-0.39, 0.29) is 0 Å². The smallest absolute Gasteiger partial charge is 0.149 e. The van der Waals surface area contributed by atoms with Crippen molar-refractivity contribution in [1.29, 1.82) is 0 Å². The summed E-state index contributed by atoms with van der Waals surface area (Å²) < 4.78 is 7.65. The maximum absolute atomic E-state index is 7.30. The molecule has 13 aromatic carbocycles. The summed E-state index contributed by atoms with van der Waals surface area (Å²) >= 11 is 18.1. The Balaban J connectivity index is 0.000000138. The van der Waals surface area contributed by atoms with Crippen LogP contribution in [0.4, 0.5) is 0 Å². The first-order valence-corrected chi connectivity index (χ1v) is 39.3. The van der Waals surface area contributed by atoms with Crippen molar-refractivity contribution in [3.63, 3.8) is 0 Å². The molecule has 5 heterocycles. The second-order valence-corrected chi connectivity index (χ2v) is 38.6. The van der Waals surface area contributed by atoms with Crippen LogP contribution in [0.3, 0.4) is 0 Å². The second-order valence-electron chi connectivity index (χ2n) is 22.4. The van der Waals surface area contributed by atoms with Gasteiger partial charge in [0.05, 0.1) is 0 Å². The van der Waals surface area contributed by atoms with Crippen LogP contribution in [0.15, 0.2) is 318 Å². The quantitative estimate of drug-likeness (QED) is 0.119. The Labute approximate surface area is 533 Å². The number of thiophene rings is 2. The average Bonchev–Trinajstić information content (AvgIpc) is 1.59. The molecule has 408 valence electrons. The van der Waals surface area contributed by atoms with Gasteiger partial charge in [-0.05, 0) is 139 Å². The SMILES string of the molecule is Brc1ccc2sc3ccc(Br)cc3c2c1.Cl[Si]1(c2ccccc2)c2ccccc2-c2ccccc21.c1ccc([Si]2(c3ccc4sc5ccc([Si]6(c7ccccc7)c7ccccc7-c7ccccc76)cc5c4c3)c3ccccc3-c3ccccc32)cc1. The second kappa shape index (κ2) is 21.6. The molecule has 0 fully saturated rings. The lowest BCUT2D eigenvalue weighted by Gasteiger charge is -2.31. The molecule has 8 heteroatoms. The number of hydrogen-bond donors (Lipinski definition) is 0. The largest absolute Gasteiger partial charge is 0.249 e. The van der Waals surface area contributed by atoms with Crippen LogP contribution in [0.1, 0.15) is 0 Å². The monoisotopic (exact) mass is 1330 g/mol. The molecular weight excluding hydrogens is 1280 g/mol. The molecule has 3 aliphatic rings. The van der Waals surface area contributed by atoms with Gasteiger partial charge in [-0.15, -0.1) is 33.8 Å². The summed E-state index contributed by atoms with van der Waals surface area (Å²) in [7, 11) is -7.52. The zero-order chi connectivity index (χ0) is 57.6. The summed E-state index contributed by atoms with van der Waals surface area (Å²) in [4.78, 5) is 0. The molecule has 0 bridgehead atoms. The summed E-state index contributed by atoms with van der Waals surface area (Å²) in [5, 5.41) is 21.0. The van der Waals surface area contributed by atoms with Crippen molar-refractivity contribution in [1.82, 2.24) is 0 Å². The Morgan fingerprint density at radius 1 is 0.233 bits per heavy atom. The molecule has 2 aromatic heterocycles. The van der Waals surface area contributed by atoms with Crippen molar-refractivity contribution in [2.45, 2.75) is 0 Å². The third kappa shape index (κ3) is 8.28. The highest BCUT2D eigenvalue weighted by Crippen LogP contribution is 2.39. The van der Waals surface area contributed by atoms with E-state index in [1.807, 2.05) is 28.7 Å². The highest BCUT2D eigenvalue weighted by Gasteiger charge is 2.51. The van der Waals surface area contributed by atoms with Crippen molar-refractivity contribution < 1.29 is 0 Å². The van der Waals surface area contributed by atoms with E-state index >= 15 is 0 Å². The minimum Gasteiger partial charge on any atom is -0.149 e. The molecule has 0 nitrogen and oxygen atoms in total. The van der Waals surface area contributed by atoms with Crippen molar-refractivity contribution in [3.8, 4) is 33.4 Å². The molecule has 15 aromatic rings. The van der Waals surface area contributed by atoms with Crippen LogP contribution in [-0.2, 0) is 0 Å². The summed E-state index contributed by atoms with van der Waals surface area (Å²) in [6.45, 7) is 0. The lowest BCUT2D eigenvalue weighted by molar-refractivity contribution is 1.71. The van der Waals surface area contributed by atoms with E-state index in [2.05, 4.69) is 335 Å². The highest BCUT2D eigenvalue weighted by molar-refractivity contribution is 9.10. The fourth-order valence-electron chi connectivity index (χ4n) is 14.6. The number of hydrogen-bond acceptors (Lipinski definition) is 2. The van der Waals surface area contributed by atoms with Gasteiger partial charge >= 0.3 is 0 Å². The Kier molecular flexibility index (Phi) is 13.4.